The molecule has 0 spiro atoms. The number of anilines is 1. The number of carbonyl (C=O) groups excluding carboxylic acids is 1. The lowest BCUT2D eigenvalue weighted by molar-refractivity contribution is 0.218. The molecule has 2 amide bonds. The molecule has 0 unspecified atom stereocenters. The van der Waals surface area contributed by atoms with Crippen LogP contribution in [0, 0.1) is 0 Å². The highest BCUT2D eigenvalue weighted by Gasteiger charge is 2.02. The number of urea groups is 1. The SMILES string of the molecule is CN(C)C(=O)NCCNc1nccnc1Cl. The molecule has 0 bridgehead atoms. The van der Waals surface area contributed by atoms with Crippen LogP contribution in [0.15, 0.2) is 12.4 Å². The van der Waals surface area contributed by atoms with E-state index < -0.39 is 0 Å². The van der Waals surface area contributed by atoms with Gasteiger partial charge >= 0.3 is 6.03 Å². The highest BCUT2D eigenvalue weighted by atomic mass is 35.5. The summed E-state index contributed by atoms with van der Waals surface area (Å²) in [7, 11) is 3.37. The summed E-state index contributed by atoms with van der Waals surface area (Å²) < 4.78 is 0. The predicted octanol–water partition coefficient (Wildman–Crippen LogP) is 0.813. The van der Waals surface area contributed by atoms with Gasteiger partial charge in [-0.3, -0.25) is 0 Å². The van der Waals surface area contributed by atoms with Crippen LogP contribution in [0.4, 0.5) is 10.6 Å². The Labute approximate surface area is 99.0 Å². The fourth-order valence-corrected chi connectivity index (χ4v) is 1.12. The molecule has 0 aliphatic heterocycles. The maximum absolute atomic E-state index is 11.2. The van der Waals surface area contributed by atoms with Crippen LogP contribution in [0.25, 0.3) is 0 Å². The second-order valence-electron chi connectivity index (χ2n) is 3.25. The van der Waals surface area contributed by atoms with Gasteiger partial charge in [-0.15, -0.1) is 0 Å². The Morgan fingerprint density at radius 1 is 1.38 bits per heavy atom. The van der Waals surface area contributed by atoms with E-state index in [9.17, 15) is 4.79 Å². The Bertz CT molecular complexity index is 358. The molecule has 7 heteroatoms. The highest BCUT2D eigenvalue weighted by Crippen LogP contribution is 2.12. The van der Waals surface area contributed by atoms with Gasteiger partial charge in [-0.25, -0.2) is 14.8 Å². The number of aromatic nitrogens is 2. The molecule has 0 radical (unpaired) electrons. The van der Waals surface area contributed by atoms with E-state index in [1.54, 1.807) is 20.3 Å². The molecule has 1 heterocycles. The first-order valence-corrected chi connectivity index (χ1v) is 5.14. The fourth-order valence-electron chi connectivity index (χ4n) is 0.948. The van der Waals surface area contributed by atoms with E-state index in [4.69, 9.17) is 11.6 Å². The first-order valence-electron chi connectivity index (χ1n) is 4.77. The third kappa shape index (κ3) is 3.90. The van der Waals surface area contributed by atoms with Gasteiger partial charge in [-0.1, -0.05) is 11.6 Å². The highest BCUT2D eigenvalue weighted by molar-refractivity contribution is 6.31. The minimum atomic E-state index is -0.132. The van der Waals surface area contributed by atoms with Crippen molar-refractivity contribution in [1.82, 2.24) is 20.2 Å². The number of carbonyl (C=O) groups is 1. The van der Waals surface area contributed by atoms with Gasteiger partial charge in [0, 0.05) is 39.6 Å². The van der Waals surface area contributed by atoms with Crippen molar-refractivity contribution in [3.8, 4) is 0 Å². The van der Waals surface area contributed by atoms with Crippen molar-refractivity contribution in [3.63, 3.8) is 0 Å². The molecule has 2 N–H and O–H groups in total. The van der Waals surface area contributed by atoms with E-state index in [-0.39, 0.29) is 6.03 Å². The first kappa shape index (κ1) is 12.5. The molecule has 1 aromatic heterocycles. The van der Waals surface area contributed by atoms with E-state index in [0.29, 0.717) is 24.1 Å². The molecule has 0 saturated carbocycles. The number of hydrogen-bond donors (Lipinski definition) is 2. The molecule has 6 nitrogen and oxygen atoms in total. The van der Waals surface area contributed by atoms with Crippen LogP contribution < -0.4 is 10.6 Å². The average molecular weight is 244 g/mol. The van der Waals surface area contributed by atoms with Gasteiger partial charge in [-0.05, 0) is 0 Å². The summed E-state index contributed by atoms with van der Waals surface area (Å²) in [6, 6.07) is -0.132. The number of nitrogens with zero attached hydrogens (tertiary/aromatic N) is 3. The zero-order valence-corrected chi connectivity index (χ0v) is 9.95. The maximum Gasteiger partial charge on any atom is 0.316 e. The normalized spacial score (nSPS) is 9.69. The van der Waals surface area contributed by atoms with E-state index in [1.165, 1.54) is 11.1 Å². The molecule has 16 heavy (non-hydrogen) atoms. The summed E-state index contributed by atoms with van der Waals surface area (Å²) in [6.07, 6.45) is 3.06. The summed E-state index contributed by atoms with van der Waals surface area (Å²) in [6.45, 7) is 1.03. The standard InChI is InChI=1S/C9H14ClN5O/c1-15(2)9(16)14-6-5-13-8-7(10)11-3-4-12-8/h3-4H,5-6H2,1-2H3,(H,12,13)(H,14,16). The lowest BCUT2D eigenvalue weighted by atomic mass is 10.5. The Kier molecular flexibility index (Phi) is 4.78. The van der Waals surface area contributed by atoms with E-state index >= 15 is 0 Å². The molecular weight excluding hydrogens is 230 g/mol. The second kappa shape index (κ2) is 6.12. The molecular formula is C9H14ClN5O. The smallest absolute Gasteiger partial charge is 0.316 e. The van der Waals surface area contributed by atoms with Crippen molar-refractivity contribution in [2.75, 3.05) is 32.5 Å². The average Bonchev–Trinajstić information content (AvgIpc) is 2.26. The lowest BCUT2D eigenvalue weighted by Crippen LogP contribution is -2.37. The van der Waals surface area contributed by atoms with E-state index in [0.717, 1.165) is 0 Å². The Balaban J connectivity index is 2.26. The molecule has 1 rings (SSSR count). The molecule has 88 valence electrons. The topological polar surface area (TPSA) is 70.2 Å². The van der Waals surface area contributed by atoms with Crippen molar-refractivity contribution in [1.29, 1.82) is 0 Å². The summed E-state index contributed by atoms with van der Waals surface area (Å²) in [5, 5.41) is 5.99. The molecule has 0 aromatic carbocycles. The van der Waals surface area contributed by atoms with E-state index in [1.807, 2.05) is 0 Å². The van der Waals surface area contributed by atoms with Crippen molar-refractivity contribution < 1.29 is 4.79 Å². The number of rotatable bonds is 4. The molecule has 1 aromatic rings. The maximum atomic E-state index is 11.2. The molecule has 0 aliphatic carbocycles. The van der Waals surface area contributed by atoms with Crippen molar-refractivity contribution in [3.05, 3.63) is 17.5 Å². The first-order chi connectivity index (χ1) is 7.61. The minimum absolute atomic E-state index is 0.132. The Hall–Kier alpha value is -1.56. The van der Waals surface area contributed by atoms with Gasteiger partial charge in [0.2, 0.25) is 0 Å². The number of halogens is 1. The van der Waals surface area contributed by atoms with Crippen molar-refractivity contribution in [2.24, 2.45) is 0 Å². The lowest BCUT2D eigenvalue weighted by Gasteiger charge is -2.12. The monoisotopic (exact) mass is 243 g/mol. The Morgan fingerprint density at radius 3 is 2.69 bits per heavy atom. The number of amides is 2. The predicted molar refractivity (Wildman–Crippen MR) is 62.6 cm³/mol. The van der Waals surface area contributed by atoms with Gasteiger partial charge in [0.25, 0.3) is 0 Å². The van der Waals surface area contributed by atoms with Gasteiger partial charge in [-0.2, -0.15) is 0 Å². The fraction of sp³-hybridized carbons (Fsp3) is 0.444. The zero-order chi connectivity index (χ0) is 12.0. The zero-order valence-electron chi connectivity index (χ0n) is 9.20. The molecule has 0 atom stereocenters. The van der Waals surface area contributed by atoms with Crippen LogP contribution >= 0.6 is 11.6 Å². The van der Waals surface area contributed by atoms with Crippen LogP contribution in [0.5, 0.6) is 0 Å². The van der Waals surface area contributed by atoms with Gasteiger partial charge in [0.1, 0.15) is 0 Å². The third-order valence-corrected chi connectivity index (χ3v) is 2.03. The van der Waals surface area contributed by atoms with Crippen LogP contribution in [-0.4, -0.2) is 48.1 Å². The summed E-state index contributed by atoms with van der Waals surface area (Å²) in [4.78, 5) is 20.5. The summed E-state index contributed by atoms with van der Waals surface area (Å²) >= 11 is 5.78. The van der Waals surface area contributed by atoms with Crippen LogP contribution in [0.1, 0.15) is 0 Å². The number of hydrogen-bond acceptors (Lipinski definition) is 4. The van der Waals surface area contributed by atoms with Gasteiger partial charge < -0.3 is 15.5 Å². The molecule has 0 fully saturated rings. The van der Waals surface area contributed by atoms with Gasteiger partial charge in [0.05, 0.1) is 0 Å². The summed E-state index contributed by atoms with van der Waals surface area (Å²) in [5.74, 6) is 0.517. The van der Waals surface area contributed by atoms with Crippen molar-refractivity contribution in [2.45, 2.75) is 0 Å². The quantitative estimate of drug-likeness (QED) is 0.768. The van der Waals surface area contributed by atoms with Crippen LogP contribution in [0.2, 0.25) is 5.15 Å². The third-order valence-electron chi connectivity index (χ3n) is 1.75. The molecule has 0 aliphatic rings. The van der Waals surface area contributed by atoms with Crippen LogP contribution in [0.3, 0.4) is 0 Å². The Morgan fingerprint density at radius 2 is 2.06 bits per heavy atom. The largest absolute Gasteiger partial charge is 0.366 e. The second-order valence-corrected chi connectivity index (χ2v) is 3.61. The number of nitrogens with one attached hydrogen (secondary N) is 2. The van der Waals surface area contributed by atoms with Crippen LogP contribution in [-0.2, 0) is 0 Å². The molecule has 0 saturated heterocycles. The van der Waals surface area contributed by atoms with Gasteiger partial charge in [0.15, 0.2) is 11.0 Å². The van der Waals surface area contributed by atoms with Crippen molar-refractivity contribution >= 4 is 23.4 Å². The van der Waals surface area contributed by atoms with E-state index in [2.05, 4.69) is 20.6 Å². The minimum Gasteiger partial charge on any atom is -0.366 e. The summed E-state index contributed by atoms with van der Waals surface area (Å²) in [5.41, 5.74) is 0.